The molecule has 1 amide bonds. The number of carboxylic acids is 1. The van der Waals surface area contributed by atoms with Gasteiger partial charge in [-0.2, -0.15) is 4.37 Å². The lowest BCUT2D eigenvalue weighted by Gasteiger charge is -2.00. The quantitative estimate of drug-likeness (QED) is 0.810. The van der Waals surface area contributed by atoms with Crippen LogP contribution in [0.15, 0.2) is 34.8 Å². The van der Waals surface area contributed by atoms with E-state index in [1.54, 1.807) is 13.0 Å². The van der Waals surface area contributed by atoms with Gasteiger partial charge < -0.3 is 10.4 Å². The summed E-state index contributed by atoms with van der Waals surface area (Å²) in [4.78, 5) is 22.9. The molecule has 0 spiro atoms. The third-order valence-electron chi connectivity index (χ3n) is 2.59. The molecule has 1 aromatic heterocycles. The lowest BCUT2D eigenvalue weighted by molar-refractivity contribution is -0.111. The lowest BCUT2D eigenvalue weighted by Crippen LogP contribution is -2.10. The standard InChI is InChI=1S/C14H11BrN2O3S/c1-8-12(14(19)20)13(21-17-8)16-11(18)6-5-9-3-2-4-10(15)7-9/h2-7H,1H3,(H,16,18)(H,19,20)/b6-5+. The number of anilines is 1. The zero-order chi connectivity index (χ0) is 15.4. The Morgan fingerprint density at radius 1 is 1.43 bits per heavy atom. The molecule has 0 aliphatic carbocycles. The first-order valence-electron chi connectivity index (χ1n) is 5.91. The van der Waals surface area contributed by atoms with Crippen molar-refractivity contribution in [3.8, 4) is 0 Å². The summed E-state index contributed by atoms with van der Waals surface area (Å²) in [6, 6.07) is 7.46. The lowest BCUT2D eigenvalue weighted by atomic mass is 10.2. The van der Waals surface area contributed by atoms with Crippen LogP contribution in [0.25, 0.3) is 6.08 Å². The van der Waals surface area contributed by atoms with Crippen LogP contribution in [0, 0.1) is 6.92 Å². The smallest absolute Gasteiger partial charge is 0.340 e. The van der Waals surface area contributed by atoms with Gasteiger partial charge in [-0.05, 0) is 42.2 Å². The molecule has 0 saturated carbocycles. The summed E-state index contributed by atoms with van der Waals surface area (Å²) in [6.07, 6.45) is 3.00. The maximum Gasteiger partial charge on any atom is 0.340 e. The second kappa shape index (κ2) is 6.64. The Bertz CT molecular complexity index is 725. The number of hydrogen-bond acceptors (Lipinski definition) is 4. The van der Waals surface area contributed by atoms with Crippen molar-refractivity contribution in [3.05, 3.63) is 51.6 Å². The maximum absolute atomic E-state index is 11.8. The van der Waals surface area contributed by atoms with E-state index in [1.807, 2.05) is 24.3 Å². The number of halogens is 1. The third kappa shape index (κ3) is 3.99. The van der Waals surface area contributed by atoms with Gasteiger partial charge in [0.25, 0.3) is 0 Å². The SMILES string of the molecule is Cc1nsc(NC(=O)/C=C/c2cccc(Br)c2)c1C(=O)O. The van der Waals surface area contributed by atoms with Gasteiger partial charge in [-0.25, -0.2) is 4.79 Å². The average Bonchev–Trinajstić information content (AvgIpc) is 2.77. The molecule has 7 heteroatoms. The number of nitrogens with zero attached hydrogens (tertiary/aromatic N) is 1. The monoisotopic (exact) mass is 366 g/mol. The largest absolute Gasteiger partial charge is 0.478 e. The molecule has 5 nitrogen and oxygen atoms in total. The van der Waals surface area contributed by atoms with Crippen molar-refractivity contribution in [2.24, 2.45) is 0 Å². The van der Waals surface area contributed by atoms with Gasteiger partial charge in [0.05, 0.1) is 5.69 Å². The predicted molar refractivity (Wildman–Crippen MR) is 85.6 cm³/mol. The number of hydrogen-bond donors (Lipinski definition) is 2. The number of benzene rings is 1. The second-order valence-corrected chi connectivity index (χ2v) is 5.84. The van der Waals surface area contributed by atoms with Gasteiger partial charge in [-0.3, -0.25) is 4.79 Å². The van der Waals surface area contributed by atoms with E-state index < -0.39 is 11.9 Å². The summed E-state index contributed by atoms with van der Waals surface area (Å²) in [5, 5.41) is 11.9. The molecule has 0 aliphatic heterocycles. The number of carbonyl (C=O) groups excluding carboxylic acids is 1. The van der Waals surface area contributed by atoms with Gasteiger partial charge in [0.15, 0.2) is 0 Å². The van der Waals surface area contributed by atoms with Gasteiger partial charge in [-0.1, -0.05) is 28.1 Å². The van der Waals surface area contributed by atoms with Gasteiger partial charge in [-0.15, -0.1) is 0 Å². The highest BCUT2D eigenvalue weighted by atomic mass is 79.9. The van der Waals surface area contributed by atoms with Gasteiger partial charge in [0.1, 0.15) is 10.6 Å². The molecule has 2 N–H and O–H groups in total. The topological polar surface area (TPSA) is 79.3 Å². The molecular weight excluding hydrogens is 356 g/mol. The first kappa shape index (κ1) is 15.4. The van der Waals surface area contributed by atoms with Crippen LogP contribution in [0.3, 0.4) is 0 Å². The summed E-state index contributed by atoms with van der Waals surface area (Å²) in [6.45, 7) is 1.59. The van der Waals surface area contributed by atoms with E-state index in [1.165, 1.54) is 6.08 Å². The summed E-state index contributed by atoms with van der Waals surface area (Å²) in [5.74, 6) is -1.51. The van der Waals surface area contributed by atoms with E-state index in [4.69, 9.17) is 5.11 Å². The Kier molecular flexibility index (Phi) is 4.87. The summed E-state index contributed by atoms with van der Waals surface area (Å²) < 4.78 is 4.85. The molecule has 0 aliphatic rings. The van der Waals surface area contributed by atoms with Crippen LogP contribution in [0.2, 0.25) is 0 Å². The van der Waals surface area contributed by atoms with E-state index in [0.717, 1.165) is 21.6 Å². The fourth-order valence-corrected chi connectivity index (χ4v) is 2.85. The number of carbonyl (C=O) groups is 2. The first-order valence-corrected chi connectivity index (χ1v) is 7.48. The van der Waals surface area contributed by atoms with Crippen LogP contribution in [-0.4, -0.2) is 21.4 Å². The number of amides is 1. The zero-order valence-electron chi connectivity index (χ0n) is 11.0. The highest BCUT2D eigenvalue weighted by Gasteiger charge is 2.18. The molecule has 1 aromatic carbocycles. The fourth-order valence-electron chi connectivity index (χ4n) is 1.64. The van der Waals surface area contributed by atoms with Gasteiger partial charge in [0.2, 0.25) is 5.91 Å². The Hall–Kier alpha value is -1.99. The molecule has 0 radical (unpaired) electrons. The van der Waals surface area contributed by atoms with E-state index in [9.17, 15) is 9.59 Å². The Morgan fingerprint density at radius 2 is 2.19 bits per heavy atom. The van der Waals surface area contributed by atoms with Gasteiger partial charge in [0, 0.05) is 10.5 Å². The number of aryl methyl sites for hydroxylation is 1. The van der Waals surface area contributed by atoms with Gasteiger partial charge >= 0.3 is 5.97 Å². The minimum atomic E-state index is -1.10. The van der Waals surface area contributed by atoms with E-state index in [0.29, 0.717) is 5.69 Å². The minimum Gasteiger partial charge on any atom is -0.478 e. The number of carboxylic acid groups (broad SMARTS) is 1. The first-order chi connectivity index (χ1) is 9.97. The molecule has 0 atom stereocenters. The number of aromatic carboxylic acids is 1. The molecule has 108 valence electrons. The summed E-state index contributed by atoms with van der Waals surface area (Å²) in [7, 11) is 0. The van der Waals surface area contributed by atoms with Crippen molar-refractivity contribution in [2.75, 3.05) is 5.32 Å². The van der Waals surface area contributed by atoms with Crippen molar-refractivity contribution < 1.29 is 14.7 Å². The van der Waals surface area contributed by atoms with Crippen LogP contribution in [-0.2, 0) is 4.79 Å². The Morgan fingerprint density at radius 3 is 2.86 bits per heavy atom. The molecule has 0 saturated heterocycles. The van der Waals surface area contributed by atoms with Crippen LogP contribution in [0.5, 0.6) is 0 Å². The van der Waals surface area contributed by atoms with Crippen molar-refractivity contribution in [2.45, 2.75) is 6.92 Å². The summed E-state index contributed by atoms with van der Waals surface area (Å²) >= 11 is 4.30. The highest BCUT2D eigenvalue weighted by Crippen LogP contribution is 2.24. The Labute approximate surface area is 133 Å². The molecule has 0 bridgehead atoms. The molecule has 0 unspecified atom stereocenters. The number of nitrogens with one attached hydrogen (secondary N) is 1. The van der Waals surface area contributed by atoms with Crippen LogP contribution < -0.4 is 5.32 Å². The van der Waals surface area contributed by atoms with E-state index in [-0.39, 0.29) is 10.6 Å². The molecule has 2 aromatic rings. The Balaban J connectivity index is 2.11. The van der Waals surface area contributed by atoms with E-state index in [2.05, 4.69) is 25.6 Å². The number of aromatic nitrogens is 1. The third-order valence-corrected chi connectivity index (χ3v) is 3.94. The number of rotatable bonds is 4. The zero-order valence-corrected chi connectivity index (χ0v) is 13.4. The normalized spacial score (nSPS) is 10.8. The van der Waals surface area contributed by atoms with Crippen molar-refractivity contribution >= 4 is 50.4 Å². The van der Waals surface area contributed by atoms with Crippen LogP contribution in [0.1, 0.15) is 21.6 Å². The fraction of sp³-hybridized carbons (Fsp3) is 0.0714. The minimum absolute atomic E-state index is 0.0317. The molecular formula is C14H11BrN2O3S. The summed E-state index contributed by atoms with van der Waals surface area (Å²) in [5.41, 5.74) is 1.28. The molecule has 1 heterocycles. The van der Waals surface area contributed by atoms with Crippen LogP contribution in [0.4, 0.5) is 5.00 Å². The van der Waals surface area contributed by atoms with Crippen molar-refractivity contribution in [3.63, 3.8) is 0 Å². The molecule has 21 heavy (non-hydrogen) atoms. The van der Waals surface area contributed by atoms with Crippen molar-refractivity contribution in [1.82, 2.24) is 4.37 Å². The molecule has 0 fully saturated rings. The predicted octanol–water partition coefficient (Wildman–Crippen LogP) is 3.56. The highest BCUT2D eigenvalue weighted by molar-refractivity contribution is 9.10. The molecule has 2 rings (SSSR count). The van der Waals surface area contributed by atoms with E-state index >= 15 is 0 Å². The maximum atomic E-state index is 11.8. The average molecular weight is 367 g/mol. The second-order valence-electron chi connectivity index (χ2n) is 4.15. The van der Waals surface area contributed by atoms with Crippen molar-refractivity contribution in [1.29, 1.82) is 0 Å². The van der Waals surface area contributed by atoms with Crippen LogP contribution >= 0.6 is 27.5 Å².